The van der Waals surface area contributed by atoms with E-state index in [9.17, 15) is 4.79 Å². The van der Waals surface area contributed by atoms with Gasteiger partial charge in [-0.05, 0) is 62.9 Å². The number of hydrogen-bond donors (Lipinski definition) is 0. The monoisotopic (exact) mass is 484 g/mol. The molecule has 0 aliphatic heterocycles. The first-order chi connectivity index (χ1) is 17.7. The maximum absolute atomic E-state index is 12.6. The third-order valence-corrected chi connectivity index (χ3v) is 7.36. The first-order valence-corrected chi connectivity index (χ1v) is 13.4. The van der Waals surface area contributed by atoms with Crippen LogP contribution in [0, 0.1) is 0 Å². The van der Waals surface area contributed by atoms with Gasteiger partial charge in [-0.3, -0.25) is 19.7 Å². The number of aryl methyl sites for hydroxylation is 1. The van der Waals surface area contributed by atoms with Gasteiger partial charge in [-0.2, -0.15) is 0 Å². The van der Waals surface area contributed by atoms with E-state index in [4.69, 9.17) is 14.7 Å². The Balaban J connectivity index is 1.58. The van der Waals surface area contributed by atoms with Crippen LogP contribution < -0.4 is 0 Å². The maximum Gasteiger partial charge on any atom is 0.325 e. The molecule has 0 saturated carbocycles. The zero-order valence-corrected chi connectivity index (χ0v) is 21.4. The van der Waals surface area contributed by atoms with Gasteiger partial charge in [0, 0.05) is 35.2 Å². The van der Waals surface area contributed by atoms with Crippen LogP contribution in [0.3, 0.4) is 0 Å². The van der Waals surface area contributed by atoms with Gasteiger partial charge in [0.15, 0.2) is 0 Å². The Labute approximate surface area is 213 Å². The third kappa shape index (κ3) is 4.87. The van der Waals surface area contributed by atoms with Crippen molar-refractivity contribution in [3.8, 4) is 0 Å². The average Bonchev–Trinajstić information content (AvgIpc) is 3.22. The molecule has 36 heavy (non-hydrogen) atoms. The van der Waals surface area contributed by atoms with E-state index in [1.54, 1.807) is 0 Å². The van der Waals surface area contributed by atoms with Crippen LogP contribution in [-0.2, 0) is 29.0 Å². The molecule has 0 bridgehead atoms. The van der Waals surface area contributed by atoms with Crippen molar-refractivity contribution in [1.29, 1.82) is 0 Å². The topological polar surface area (TPSA) is 60.2 Å². The van der Waals surface area contributed by atoms with Crippen LogP contribution in [0.15, 0.2) is 54.9 Å². The summed E-state index contributed by atoms with van der Waals surface area (Å²) in [5, 5.41) is 2.28. The molecular weight excluding hydrogens is 448 g/mol. The van der Waals surface area contributed by atoms with Crippen LogP contribution in [0.25, 0.3) is 21.8 Å². The van der Waals surface area contributed by atoms with Gasteiger partial charge in [-0.15, -0.1) is 0 Å². The number of ether oxygens (including phenoxy) is 1. The summed E-state index contributed by atoms with van der Waals surface area (Å²) in [7, 11) is 0. The second kappa shape index (κ2) is 11.2. The molecule has 1 aromatic carbocycles. The molecule has 0 saturated heterocycles. The molecule has 188 valence electrons. The second-order valence-corrected chi connectivity index (χ2v) is 9.70. The normalized spacial score (nSPS) is 15.5. The predicted octanol–water partition coefficient (Wildman–Crippen LogP) is 6.22. The van der Waals surface area contributed by atoms with Crippen molar-refractivity contribution in [2.24, 2.45) is 0 Å². The van der Waals surface area contributed by atoms with Crippen molar-refractivity contribution >= 4 is 27.8 Å². The summed E-state index contributed by atoms with van der Waals surface area (Å²) in [5.41, 5.74) is 5.67. The molecule has 1 aliphatic rings. The molecule has 0 amide bonds. The minimum atomic E-state index is -0.222. The van der Waals surface area contributed by atoms with Crippen LogP contribution in [0.2, 0.25) is 0 Å². The number of nitrogens with zero attached hydrogens (tertiary/aromatic N) is 4. The van der Waals surface area contributed by atoms with E-state index in [2.05, 4.69) is 52.8 Å². The van der Waals surface area contributed by atoms with E-state index in [1.165, 1.54) is 30.5 Å². The lowest BCUT2D eigenvalue weighted by molar-refractivity contribution is -0.143. The summed E-state index contributed by atoms with van der Waals surface area (Å²) >= 11 is 0. The first-order valence-electron chi connectivity index (χ1n) is 13.4. The SMILES string of the molecule is CCCCCN(Cc1nccc2c3ccccc3n(CC(=O)OCC)c12)[C@H]1CCCc2cccnc21. The van der Waals surface area contributed by atoms with E-state index in [1.807, 2.05) is 25.4 Å². The lowest BCUT2D eigenvalue weighted by Crippen LogP contribution is -2.33. The van der Waals surface area contributed by atoms with E-state index in [0.29, 0.717) is 6.61 Å². The summed E-state index contributed by atoms with van der Waals surface area (Å²) < 4.78 is 7.43. The molecule has 6 heteroatoms. The Hall–Kier alpha value is -3.25. The van der Waals surface area contributed by atoms with Gasteiger partial charge in [0.2, 0.25) is 0 Å². The van der Waals surface area contributed by atoms with Gasteiger partial charge in [0.1, 0.15) is 6.54 Å². The Morgan fingerprint density at radius 1 is 1.06 bits per heavy atom. The number of pyridine rings is 2. The van der Waals surface area contributed by atoms with Crippen LogP contribution >= 0.6 is 0 Å². The molecule has 0 radical (unpaired) electrons. The third-order valence-electron chi connectivity index (χ3n) is 7.36. The highest BCUT2D eigenvalue weighted by Gasteiger charge is 2.28. The molecule has 5 rings (SSSR count). The van der Waals surface area contributed by atoms with E-state index in [0.717, 1.165) is 59.9 Å². The minimum Gasteiger partial charge on any atom is -0.465 e. The summed E-state index contributed by atoms with van der Waals surface area (Å²) in [6.45, 7) is 6.38. The van der Waals surface area contributed by atoms with Gasteiger partial charge in [-0.25, -0.2) is 0 Å². The lowest BCUT2D eigenvalue weighted by Gasteiger charge is -2.35. The number of carbonyl (C=O) groups excluding carboxylic acids is 1. The Kier molecular flexibility index (Phi) is 7.61. The number of carbonyl (C=O) groups is 1. The molecule has 6 nitrogen and oxygen atoms in total. The zero-order chi connectivity index (χ0) is 24.9. The van der Waals surface area contributed by atoms with E-state index < -0.39 is 0 Å². The molecule has 4 aromatic rings. The van der Waals surface area contributed by atoms with Crippen molar-refractivity contribution in [3.63, 3.8) is 0 Å². The number of hydrogen-bond acceptors (Lipinski definition) is 5. The lowest BCUT2D eigenvalue weighted by atomic mass is 9.90. The van der Waals surface area contributed by atoms with Crippen molar-refractivity contribution < 1.29 is 9.53 Å². The molecule has 0 fully saturated rings. The highest BCUT2D eigenvalue weighted by molar-refractivity contribution is 6.09. The summed E-state index contributed by atoms with van der Waals surface area (Å²) in [4.78, 5) is 24.9. The summed E-state index contributed by atoms with van der Waals surface area (Å²) in [6.07, 6.45) is 10.8. The first kappa shape index (κ1) is 24.4. The molecule has 1 aliphatic carbocycles. The molecule has 0 spiro atoms. The Morgan fingerprint density at radius 2 is 1.94 bits per heavy atom. The van der Waals surface area contributed by atoms with E-state index in [-0.39, 0.29) is 18.6 Å². The average molecular weight is 485 g/mol. The van der Waals surface area contributed by atoms with E-state index >= 15 is 0 Å². The van der Waals surface area contributed by atoms with Gasteiger partial charge in [0.05, 0.1) is 29.6 Å². The zero-order valence-electron chi connectivity index (χ0n) is 21.4. The molecule has 1 atom stereocenters. The Morgan fingerprint density at radius 3 is 2.81 bits per heavy atom. The number of fused-ring (bicyclic) bond motifs is 4. The minimum absolute atomic E-state index is 0.181. The Bertz CT molecular complexity index is 1350. The van der Waals surface area contributed by atoms with Gasteiger partial charge in [-0.1, -0.05) is 44.0 Å². The van der Waals surface area contributed by atoms with Crippen molar-refractivity contribution in [2.45, 2.75) is 71.5 Å². The number of aromatic nitrogens is 3. The molecule has 0 N–H and O–H groups in total. The van der Waals surface area contributed by atoms with Crippen molar-refractivity contribution in [2.75, 3.05) is 13.2 Å². The highest BCUT2D eigenvalue weighted by Crippen LogP contribution is 2.36. The number of rotatable bonds is 10. The quantitative estimate of drug-likeness (QED) is 0.198. The van der Waals surface area contributed by atoms with Crippen LogP contribution in [0.1, 0.15) is 68.9 Å². The number of benzene rings is 1. The fourth-order valence-electron chi connectivity index (χ4n) is 5.73. The standard InChI is InChI=1S/C30H36N4O2/c1-3-5-8-19-33(27-15-9-11-22-12-10-17-32-29(22)27)20-25-30-24(16-18-31-25)23-13-6-7-14-26(23)34(30)21-28(35)36-4-2/h6-7,10,12-14,16-18,27H,3-5,8-9,11,15,19-21H2,1-2H3/t27-/m0/s1. The van der Waals surface area contributed by atoms with Crippen LogP contribution in [0.5, 0.6) is 0 Å². The fraction of sp³-hybridized carbons (Fsp3) is 0.433. The van der Waals surface area contributed by atoms with Gasteiger partial charge >= 0.3 is 5.97 Å². The molecule has 3 heterocycles. The van der Waals surface area contributed by atoms with Gasteiger partial charge in [0.25, 0.3) is 0 Å². The van der Waals surface area contributed by atoms with Crippen LogP contribution in [0.4, 0.5) is 0 Å². The van der Waals surface area contributed by atoms with Crippen molar-refractivity contribution in [1.82, 2.24) is 19.4 Å². The smallest absolute Gasteiger partial charge is 0.325 e. The van der Waals surface area contributed by atoms with Crippen molar-refractivity contribution in [3.05, 3.63) is 71.8 Å². The second-order valence-electron chi connectivity index (χ2n) is 9.70. The molecular formula is C30H36N4O2. The number of unbranched alkanes of at least 4 members (excludes halogenated alkanes) is 2. The highest BCUT2D eigenvalue weighted by atomic mass is 16.5. The fourth-order valence-corrected chi connectivity index (χ4v) is 5.73. The molecule has 0 unspecified atom stereocenters. The van der Waals surface area contributed by atoms with Crippen LogP contribution in [-0.4, -0.2) is 38.6 Å². The molecule has 3 aromatic heterocycles. The maximum atomic E-state index is 12.6. The predicted molar refractivity (Wildman–Crippen MR) is 144 cm³/mol. The number of para-hydroxylation sites is 1. The summed E-state index contributed by atoms with van der Waals surface area (Å²) in [6, 6.07) is 14.9. The number of esters is 1. The largest absolute Gasteiger partial charge is 0.465 e. The summed E-state index contributed by atoms with van der Waals surface area (Å²) in [5.74, 6) is -0.222. The van der Waals surface area contributed by atoms with Gasteiger partial charge < -0.3 is 9.30 Å².